The van der Waals surface area contributed by atoms with Crippen molar-refractivity contribution >= 4 is 11.9 Å². The Kier molecular flexibility index (Phi) is 2.82. The molecule has 0 heterocycles. The Morgan fingerprint density at radius 3 is 1.80 bits per heavy atom. The van der Waals surface area contributed by atoms with Crippen LogP contribution >= 0.6 is 0 Å². The maximum atomic E-state index is 10.1. The van der Waals surface area contributed by atoms with Crippen molar-refractivity contribution < 1.29 is 25.5 Å². The molecule has 0 aromatic carbocycles. The van der Waals surface area contributed by atoms with Crippen LogP contribution in [0.2, 0.25) is 0 Å². The second-order valence-corrected chi connectivity index (χ2v) is 2.07. The molecule has 0 rings (SSSR count). The van der Waals surface area contributed by atoms with Crippen LogP contribution in [0.3, 0.4) is 0 Å². The van der Waals surface area contributed by atoms with Gasteiger partial charge in [0.2, 0.25) is 0 Å². The quantitative estimate of drug-likeness (QED) is 0.448. The van der Waals surface area contributed by atoms with Crippen molar-refractivity contribution in [3.63, 3.8) is 0 Å². The molecule has 5 heteroatoms. The SMILES string of the molecule is C[C@@H](C(=O)O)[C@H]([NH3+])C(=O)O. The minimum atomic E-state index is -1.19. The van der Waals surface area contributed by atoms with Gasteiger partial charge in [0.05, 0.1) is 0 Å². The molecule has 2 atom stereocenters. The van der Waals surface area contributed by atoms with Gasteiger partial charge in [0.25, 0.3) is 0 Å². The first-order valence-electron chi connectivity index (χ1n) is 2.75. The summed E-state index contributed by atoms with van der Waals surface area (Å²) >= 11 is 0. The Balaban J connectivity index is 4.07. The van der Waals surface area contributed by atoms with Crippen LogP contribution in [0.1, 0.15) is 6.92 Å². The Bertz CT molecular complexity index is 138. The average Bonchev–Trinajstić information content (AvgIpc) is 1.84. The van der Waals surface area contributed by atoms with Crippen molar-refractivity contribution in [2.75, 3.05) is 0 Å². The molecule has 0 aliphatic rings. The van der Waals surface area contributed by atoms with Gasteiger partial charge in [-0.15, -0.1) is 0 Å². The summed E-state index contributed by atoms with van der Waals surface area (Å²) in [5.41, 5.74) is 3.18. The van der Waals surface area contributed by atoms with Gasteiger partial charge in [0, 0.05) is 0 Å². The van der Waals surface area contributed by atoms with E-state index in [-0.39, 0.29) is 0 Å². The smallest absolute Gasteiger partial charge is 0.363 e. The fraction of sp³-hybridized carbons (Fsp3) is 0.600. The maximum Gasteiger partial charge on any atom is 0.363 e. The average molecular weight is 148 g/mol. The van der Waals surface area contributed by atoms with Crippen molar-refractivity contribution in [2.24, 2.45) is 5.92 Å². The number of hydrogen-bond acceptors (Lipinski definition) is 2. The number of quaternary nitrogens is 1. The Labute approximate surface area is 57.5 Å². The fourth-order valence-corrected chi connectivity index (χ4v) is 0.386. The van der Waals surface area contributed by atoms with Gasteiger partial charge < -0.3 is 15.9 Å². The molecule has 0 fully saturated rings. The molecule has 0 radical (unpaired) electrons. The molecule has 0 aliphatic carbocycles. The first-order chi connectivity index (χ1) is 4.46. The van der Waals surface area contributed by atoms with Crippen LogP contribution in [0.15, 0.2) is 0 Å². The highest BCUT2D eigenvalue weighted by atomic mass is 16.4. The minimum Gasteiger partial charge on any atom is -0.481 e. The predicted octanol–water partition coefficient (Wildman–Crippen LogP) is -1.60. The Morgan fingerprint density at radius 2 is 1.70 bits per heavy atom. The number of hydrogen-bond donors (Lipinski definition) is 3. The summed E-state index contributed by atoms with van der Waals surface area (Å²) in [7, 11) is 0. The van der Waals surface area contributed by atoms with Crippen molar-refractivity contribution in [1.82, 2.24) is 0 Å². The highest BCUT2D eigenvalue weighted by molar-refractivity contribution is 5.80. The molecule has 0 aliphatic heterocycles. The molecule has 0 aromatic heterocycles. The Morgan fingerprint density at radius 1 is 1.30 bits per heavy atom. The van der Waals surface area contributed by atoms with Gasteiger partial charge in [-0.2, -0.15) is 0 Å². The largest absolute Gasteiger partial charge is 0.481 e. The summed E-state index contributed by atoms with van der Waals surface area (Å²) in [6, 6.07) is -1.07. The zero-order valence-electron chi connectivity index (χ0n) is 5.57. The summed E-state index contributed by atoms with van der Waals surface area (Å²) < 4.78 is 0. The van der Waals surface area contributed by atoms with Gasteiger partial charge in [0.15, 0.2) is 6.04 Å². The lowest BCUT2D eigenvalue weighted by molar-refractivity contribution is -0.416. The first kappa shape index (κ1) is 8.90. The lowest BCUT2D eigenvalue weighted by Gasteiger charge is -2.06. The van der Waals surface area contributed by atoms with Crippen molar-refractivity contribution in [1.29, 1.82) is 0 Å². The van der Waals surface area contributed by atoms with Crippen molar-refractivity contribution in [2.45, 2.75) is 13.0 Å². The summed E-state index contributed by atoms with van der Waals surface area (Å²) in [6.45, 7) is 1.31. The van der Waals surface area contributed by atoms with E-state index in [0.29, 0.717) is 0 Å². The van der Waals surface area contributed by atoms with Crippen LogP contribution in [0, 0.1) is 5.92 Å². The number of carboxylic acid groups (broad SMARTS) is 2. The standard InChI is InChI=1S/C5H9NO4/c1-2(4(7)8)3(6)5(9)10/h2-3H,6H2,1H3,(H,7,8)(H,9,10)/p+1/t2-,3+/m1/s1. The summed E-state index contributed by atoms with van der Waals surface area (Å²) in [6.07, 6.45) is 0. The molecule has 0 amide bonds. The summed E-state index contributed by atoms with van der Waals surface area (Å²) in [4.78, 5) is 20.3. The van der Waals surface area contributed by atoms with E-state index >= 15 is 0 Å². The monoisotopic (exact) mass is 148 g/mol. The molecule has 0 bridgehead atoms. The molecule has 0 aromatic rings. The fourth-order valence-electron chi connectivity index (χ4n) is 0.386. The molecular weight excluding hydrogens is 138 g/mol. The zero-order chi connectivity index (χ0) is 8.31. The van der Waals surface area contributed by atoms with E-state index in [1.807, 2.05) is 0 Å². The molecule has 0 spiro atoms. The first-order valence-corrected chi connectivity index (χ1v) is 2.75. The van der Waals surface area contributed by atoms with Gasteiger partial charge in [-0.1, -0.05) is 0 Å². The molecule has 0 saturated carbocycles. The van der Waals surface area contributed by atoms with Crippen LogP contribution in [0.4, 0.5) is 0 Å². The summed E-state index contributed by atoms with van der Waals surface area (Å²) in [5, 5.41) is 16.6. The van der Waals surface area contributed by atoms with Gasteiger partial charge in [-0.3, -0.25) is 4.79 Å². The van der Waals surface area contributed by atoms with Crippen LogP contribution in [-0.4, -0.2) is 28.2 Å². The van der Waals surface area contributed by atoms with Crippen molar-refractivity contribution in [3.05, 3.63) is 0 Å². The molecule has 0 saturated heterocycles. The highest BCUT2D eigenvalue weighted by Crippen LogP contribution is 1.97. The molecule has 0 unspecified atom stereocenters. The minimum absolute atomic E-state index is 0.933. The maximum absolute atomic E-state index is 10.1. The molecule has 5 N–H and O–H groups in total. The lowest BCUT2D eigenvalue weighted by atomic mass is 10.0. The highest BCUT2D eigenvalue weighted by Gasteiger charge is 2.29. The van der Waals surface area contributed by atoms with E-state index in [0.717, 1.165) is 0 Å². The van der Waals surface area contributed by atoms with E-state index < -0.39 is 23.9 Å². The third kappa shape index (κ3) is 2.02. The van der Waals surface area contributed by atoms with E-state index in [4.69, 9.17) is 10.2 Å². The zero-order valence-corrected chi connectivity index (χ0v) is 5.57. The van der Waals surface area contributed by atoms with Gasteiger partial charge in [-0.05, 0) is 6.92 Å². The van der Waals surface area contributed by atoms with Gasteiger partial charge in [-0.25, -0.2) is 4.79 Å². The predicted molar refractivity (Wildman–Crippen MR) is 31.1 cm³/mol. The third-order valence-electron chi connectivity index (χ3n) is 1.31. The van der Waals surface area contributed by atoms with Crippen molar-refractivity contribution in [3.8, 4) is 0 Å². The molecule has 5 nitrogen and oxygen atoms in total. The number of rotatable bonds is 3. The second kappa shape index (κ2) is 3.17. The van der Waals surface area contributed by atoms with Crippen LogP contribution in [-0.2, 0) is 9.59 Å². The topological polar surface area (TPSA) is 102 Å². The van der Waals surface area contributed by atoms with Crippen LogP contribution in [0.5, 0.6) is 0 Å². The molecule has 58 valence electrons. The number of carboxylic acids is 2. The van der Waals surface area contributed by atoms with E-state index in [1.165, 1.54) is 6.92 Å². The van der Waals surface area contributed by atoms with E-state index in [2.05, 4.69) is 5.73 Å². The van der Waals surface area contributed by atoms with E-state index in [9.17, 15) is 9.59 Å². The lowest BCUT2D eigenvalue weighted by Crippen LogP contribution is -2.68. The molecular formula is C5H10NO4+. The summed E-state index contributed by atoms with van der Waals surface area (Å²) in [5.74, 6) is -3.25. The normalized spacial score (nSPS) is 15.8. The second-order valence-electron chi connectivity index (χ2n) is 2.07. The Hall–Kier alpha value is -1.10. The number of aliphatic carboxylic acids is 2. The third-order valence-corrected chi connectivity index (χ3v) is 1.31. The van der Waals surface area contributed by atoms with E-state index in [1.54, 1.807) is 0 Å². The van der Waals surface area contributed by atoms with Gasteiger partial charge >= 0.3 is 11.9 Å². The van der Waals surface area contributed by atoms with Gasteiger partial charge in [0.1, 0.15) is 5.92 Å². The van der Waals surface area contributed by atoms with Crippen LogP contribution < -0.4 is 5.73 Å². The molecule has 10 heavy (non-hydrogen) atoms. The van der Waals surface area contributed by atoms with Crippen LogP contribution in [0.25, 0.3) is 0 Å². The number of carbonyl (C=O) groups is 2.